The van der Waals surface area contributed by atoms with E-state index in [0.29, 0.717) is 18.8 Å². The van der Waals surface area contributed by atoms with Gasteiger partial charge in [0.05, 0.1) is 12.0 Å². The van der Waals surface area contributed by atoms with Crippen molar-refractivity contribution in [1.82, 2.24) is 10.3 Å². The average Bonchev–Trinajstić information content (AvgIpc) is 2.60. The number of aromatic nitrogens is 1. The topological polar surface area (TPSA) is 88.0 Å². The molecule has 84 valence electrons. The summed E-state index contributed by atoms with van der Waals surface area (Å²) in [4.78, 5) is 24.9. The monoisotopic (exact) mass is 229 g/mol. The molecule has 0 saturated heterocycles. The third kappa shape index (κ3) is 3.17. The molecule has 0 aliphatic carbocycles. The van der Waals surface area contributed by atoms with Gasteiger partial charge in [0, 0.05) is 17.6 Å². The lowest BCUT2D eigenvalue weighted by Gasteiger charge is -2.20. The van der Waals surface area contributed by atoms with E-state index in [1.165, 1.54) is 0 Å². The van der Waals surface area contributed by atoms with Gasteiger partial charge in [-0.1, -0.05) is 11.3 Å². The minimum Gasteiger partial charge on any atom is -0.350 e. The number of rotatable bonds is 4. The first-order chi connectivity index (χ1) is 6.95. The second-order valence-electron chi connectivity index (χ2n) is 3.94. The molecular formula is C9H15N3O2S. The van der Waals surface area contributed by atoms with E-state index in [4.69, 9.17) is 5.73 Å². The Labute approximate surface area is 91.7 Å². The molecule has 1 aromatic rings. The van der Waals surface area contributed by atoms with Crippen LogP contribution in [-0.2, 0) is 11.3 Å². The highest BCUT2D eigenvalue weighted by molar-refractivity contribution is 7.07. The summed E-state index contributed by atoms with van der Waals surface area (Å²) in [6, 6.07) is 0. The molecule has 0 aliphatic heterocycles. The summed E-state index contributed by atoms with van der Waals surface area (Å²) in [6.07, 6.45) is 0. The number of amides is 1. The molecule has 0 atom stereocenters. The molecule has 4 N–H and O–H groups in total. The van der Waals surface area contributed by atoms with Crippen LogP contribution in [0.3, 0.4) is 0 Å². The molecule has 0 unspecified atom stereocenters. The fourth-order valence-corrected chi connectivity index (χ4v) is 1.49. The van der Waals surface area contributed by atoms with Crippen molar-refractivity contribution in [3.63, 3.8) is 0 Å². The van der Waals surface area contributed by atoms with Gasteiger partial charge >= 0.3 is 4.87 Å². The number of H-pyrrole nitrogens is 1. The van der Waals surface area contributed by atoms with Gasteiger partial charge in [0.1, 0.15) is 0 Å². The Morgan fingerprint density at radius 3 is 2.80 bits per heavy atom. The van der Waals surface area contributed by atoms with Crippen LogP contribution >= 0.6 is 11.3 Å². The summed E-state index contributed by atoms with van der Waals surface area (Å²) >= 11 is 1.08. The second kappa shape index (κ2) is 4.59. The van der Waals surface area contributed by atoms with Crippen LogP contribution in [0.25, 0.3) is 0 Å². The van der Waals surface area contributed by atoms with Crippen LogP contribution in [0, 0.1) is 5.41 Å². The number of nitrogens with one attached hydrogen (secondary N) is 2. The third-order valence-corrected chi connectivity index (χ3v) is 2.85. The molecule has 5 nitrogen and oxygen atoms in total. The summed E-state index contributed by atoms with van der Waals surface area (Å²) in [5, 5.41) is 4.41. The van der Waals surface area contributed by atoms with Crippen molar-refractivity contribution in [3.05, 3.63) is 20.7 Å². The van der Waals surface area contributed by atoms with Crippen molar-refractivity contribution >= 4 is 17.2 Å². The summed E-state index contributed by atoms with van der Waals surface area (Å²) in [7, 11) is 0. The fourth-order valence-electron chi connectivity index (χ4n) is 0.908. The van der Waals surface area contributed by atoms with Crippen molar-refractivity contribution < 1.29 is 4.79 Å². The van der Waals surface area contributed by atoms with E-state index < -0.39 is 5.41 Å². The standard InChI is InChI=1S/C9H15N3O2S/c1-9(2,5-10)7(13)11-3-6-4-15-8(14)12-6/h4H,3,5,10H2,1-2H3,(H,11,13)(H,12,14). The van der Waals surface area contributed by atoms with E-state index in [1.54, 1.807) is 19.2 Å². The first-order valence-electron chi connectivity index (χ1n) is 4.61. The number of hydrogen-bond acceptors (Lipinski definition) is 4. The molecule has 1 rings (SSSR count). The number of aromatic amines is 1. The Kier molecular flexibility index (Phi) is 3.65. The van der Waals surface area contributed by atoms with Gasteiger partial charge in [-0.3, -0.25) is 9.59 Å². The van der Waals surface area contributed by atoms with Gasteiger partial charge in [-0.15, -0.1) is 0 Å². The smallest absolute Gasteiger partial charge is 0.304 e. The lowest BCUT2D eigenvalue weighted by Crippen LogP contribution is -2.41. The third-order valence-electron chi connectivity index (χ3n) is 2.14. The number of thiazole rings is 1. The zero-order valence-corrected chi connectivity index (χ0v) is 9.61. The summed E-state index contributed by atoms with van der Waals surface area (Å²) in [5.74, 6) is -0.114. The van der Waals surface area contributed by atoms with Gasteiger partial charge in [-0.25, -0.2) is 0 Å². The molecular weight excluding hydrogens is 214 g/mol. The Balaban J connectivity index is 2.51. The van der Waals surface area contributed by atoms with Gasteiger partial charge in [0.25, 0.3) is 0 Å². The minimum absolute atomic E-state index is 0.114. The van der Waals surface area contributed by atoms with E-state index in [-0.39, 0.29) is 10.8 Å². The normalized spacial score (nSPS) is 11.4. The van der Waals surface area contributed by atoms with Crippen molar-refractivity contribution in [2.75, 3.05) is 6.54 Å². The molecule has 0 aliphatic rings. The van der Waals surface area contributed by atoms with Crippen LogP contribution < -0.4 is 15.9 Å². The molecule has 1 amide bonds. The number of carbonyl (C=O) groups is 1. The maximum absolute atomic E-state index is 11.6. The van der Waals surface area contributed by atoms with Crippen molar-refractivity contribution in [2.24, 2.45) is 11.1 Å². The molecule has 1 aromatic heterocycles. The summed E-state index contributed by atoms with van der Waals surface area (Å²) in [5.41, 5.74) is 5.60. The first kappa shape index (κ1) is 11.9. The SMILES string of the molecule is CC(C)(CN)C(=O)NCc1csc(=O)[nH]1. The minimum atomic E-state index is -0.573. The van der Waals surface area contributed by atoms with Gasteiger partial charge in [-0.05, 0) is 13.8 Å². The first-order valence-corrected chi connectivity index (χ1v) is 5.49. The molecule has 0 saturated carbocycles. The Morgan fingerprint density at radius 1 is 1.67 bits per heavy atom. The highest BCUT2D eigenvalue weighted by Gasteiger charge is 2.25. The predicted octanol–water partition coefficient (Wildman–Crippen LogP) is 0.0375. The zero-order chi connectivity index (χ0) is 11.5. The van der Waals surface area contributed by atoms with Crippen LogP contribution in [0.5, 0.6) is 0 Å². The second-order valence-corrected chi connectivity index (χ2v) is 4.79. The van der Waals surface area contributed by atoms with Crippen molar-refractivity contribution in [3.8, 4) is 0 Å². The largest absolute Gasteiger partial charge is 0.350 e. The number of hydrogen-bond donors (Lipinski definition) is 3. The maximum Gasteiger partial charge on any atom is 0.304 e. The molecule has 0 fully saturated rings. The Bertz CT molecular complexity index is 394. The number of carbonyl (C=O) groups excluding carboxylic acids is 1. The fraction of sp³-hybridized carbons (Fsp3) is 0.556. The lowest BCUT2D eigenvalue weighted by molar-refractivity contribution is -0.129. The summed E-state index contributed by atoms with van der Waals surface area (Å²) < 4.78 is 0. The van der Waals surface area contributed by atoms with Gasteiger partial charge in [-0.2, -0.15) is 0 Å². The van der Waals surface area contributed by atoms with Gasteiger partial charge in [0.15, 0.2) is 0 Å². The molecule has 6 heteroatoms. The van der Waals surface area contributed by atoms with Crippen molar-refractivity contribution in [1.29, 1.82) is 0 Å². The van der Waals surface area contributed by atoms with Gasteiger partial charge < -0.3 is 16.0 Å². The van der Waals surface area contributed by atoms with E-state index in [0.717, 1.165) is 11.3 Å². The van der Waals surface area contributed by atoms with Crippen LogP contribution in [0.1, 0.15) is 19.5 Å². The number of nitrogens with two attached hydrogens (primary N) is 1. The van der Waals surface area contributed by atoms with Crippen LogP contribution in [0.2, 0.25) is 0 Å². The van der Waals surface area contributed by atoms with Gasteiger partial charge in [0.2, 0.25) is 5.91 Å². The van der Waals surface area contributed by atoms with E-state index in [2.05, 4.69) is 10.3 Å². The lowest BCUT2D eigenvalue weighted by atomic mass is 9.93. The van der Waals surface area contributed by atoms with E-state index in [9.17, 15) is 9.59 Å². The maximum atomic E-state index is 11.6. The van der Waals surface area contributed by atoms with Crippen LogP contribution in [0.4, 0.5) is 0 Å². The molecule has 1 heterocycles. The average molecular weight is 229 g/mol. The highest BCUT2D eigenvalue weighted by Crippen LogP contribution is 2.12. The van der Waals surface area contributed by atoms with E-state index >= 15 is 0 Å². The molecule has 0 radical (unpaired) electrons. The summed E-state index contributed by atoms with van der Waals surface area (Å²) in [6.45, 7) is 4.18. The highest BCUT2D eigenvalue weighted by atomic mass is 32.1. The zero-order valence-electron chi connectivity index (χ0n) is 8.79. The molecule has 0 bridgehead atoms. The molecule has 0 aromatic carbocycles. The van der Waals surface area contributed by atoms with E-state index in [1.807, 2.05) is 0 Å². The molecule has 15 heavy (non-hydrogen) atoms. The quantitative estimate of drug-likeness (QED) is 0.681. The van der Waals surface area contributed by atoms with Crippen LogP contribution in [0.15, 0.2) is 10.2 Å². The van der Waals surface area contributed by atoms with Crippen molar-refractivity contribution in [2.45, 2.75) is 20.4 Å². The Morgan fingerprint density at radius 2 is 2.33 bits per heavy atom. The predicted molar refractivity (Wildman–Crippen MR) is 59.6 cm³/mol. The molecule has 0 spiro atoms. The Hall–Kier alpha value is -1.14. The van der Waals surface area contributed by atoms with Crippen LogP contribution in [-0.4, -0.2) is 17.4 Å².